The lowest BCUT2D eigenvalue weighted by molar-refractivity contribution is -0.129. The van der Waals surface area contributed by atoms with Gasteiger partial charge in [-0.05, 0) is 42.7 Å². The van der Waals surface area contributed by atoms with Gasteiger partial charge in [-0.25, -0.2) is 0 Å². The summed E-state index contributed by atoms with van der Waals surface area (Å²) < 4.78 is 5.82. The van der Waals surface area contributed by atoms with E-state index in [1.165, 1.54) is 0 Å². The number of benzene rings is 2. The smallest absolute Gasteiger partial charge is 0.225 e. The first kappa shape index (κ1) is 16.6. The van der Waals surface area contributed by atoms with Gasteiger partial charge in [0, 0.05) is 25.6 Å². The molecule has 1 saturated heterocycles. The first-order valence-electron chi connectivity index (χ1n) is 9.08. The number of amides is 2. The lowest BCUT2D eigenvalue weighted by Gasteiger charge is -2.15. The Balaban J connectivity index is 1.32. The molecule has 1 aliphatic heterocycles. The van der Waals surface area contributed by atoms with E-state index in [-0.39, 0.29) is 17.7 Å². The molecule has 134 valence electrons. The van der Waals surface area contributed by atoms with Gasteiger partial charge >= 0.3 is 0 Å². The number of ether oxygens (including phenoxy) is 1. The largest absolute Gasteiger partial charge is 0.457 e. The van der Waals surface area contributed by atoms with E-state index in [4.69, 9.17) is 4.74 Å². The first-order valence-corrected chi connectivity index (χ1v) is 9.08. The van der Waals surface area contributed by atoms with Crippen molar-refractivity contribution in [2.45, 2.75) is 31.8 Å². The minimum Gasteiger partial charge on any atom is -0.457 e. The molecule has 1 heterocycles. The Morgan fingerprint density at radius 3 is 2.62 bits per heavy atom. The van der Waals surface area contributed by atoms with E-state index in [1.54, 1.807) is 0 Å². The lowest BCUT2D eigenvalue weighted by Crippen LogP contribution is -2.33. The van der Waals surface area contributed by atoms with Crippen molar-refractivity contribution < 1.29 is 14.3 Å². The Kier molecular flexibility index (Phi) is 4.61. The minimum atomic E-state index is -0.230. The topological polar surface area (TPSA) is 58.6 Å². The second-order valence-electron chi connectivity index (χ2n) is 6.96. The molecule has 0 unspecified atom stereocenters. The zero-order valence-electron chi connectivity index (χ0n) is 14.6. The molecular formula is C21H22N2O3. The molecule has 0 bridgehead atoms. The van der Waals surface area contributed by atoms with E-state index in [9.17, 15) is 9.59 Å². The van der Waals surface area contributed by atoms with Crippen LogP contribution in [0.15, 0.2) is 54.6 Å². The molecule has 2 amide bonds. The molecule has 26 heavy (non-hydrogen) atoms. The van der Waals surface area contributed by atoms with Gasteiger partial charge in [-0.15, -0.1) is 0 Å². The highest BCUT2D eigenvalue weighted by Crippen LogP contribution is 2.32. The molecule has 1 saturated carbocycles. The van der Waals surface area contributed by atoms with E-state index >= 15 is 0 Å². The molecule has 0 radical (unpaired) electrons. The average Bonchev–Trinajstić information content (AvgIpc) is 3.42. The monoisotopic (exact) mass is 350 g/mol. The molecule has 2 aromatic rings. The van der Waals surface area contributed by atoms with Crippen molar-refractivity contribution in [2.75, 3.05) is 6.54 Å². The number of para-hydroxylation sites is 1. The van der Waals surface area contributed by atoms with E-state index in [0.717, 1.165) is 29.9 Å². The number of hydrogen-bond donors (Lipinski definition) is 1. The summed E-state index contributed by atoms with van der Waals surface area (Å²) in [6, 6.07) is 17.6. The zero-order chi connectivity index (χ0) is 17.9. The summed E-state index contributed by atoms with van der Waals surface area (Å²) >= 11 is 0. The van der Waals surface area contributed by atoms with Gasteiger partial charge < -0.3 is 15.0 Å². The van der Waals surface area contributed by atoms with Crippen molar-refractivity contribution in [1.82, 2.24) is 10.2 Å². The summed E-state index contributed by atoms with van der Waals surface area (Å²) in [4.78, 5) is 26.3. The second-order valence-corrected chi connectivity index (χ2v) is 6.96. The van der Waals surface area contributed by atoms with Gasteiger partial charge in [-0.3, -0.25) is 9.59 Å². The summed E-state index contributed by atoms with van der Waals surface area (Å²) in [5, 5.41) is 2.96. The molecule has 2 aromatic carbocycles. The Morgan fingerprint density at radius 2 is 1.85 bits per heavy atom. The Labute approximate surface area is 153 Å². The average molecular weight is 350 g/mol. The molecule has 1 N–H and O–H groups in total. The summed E-state index contributed by atoms with van der Waals surface area (Å²) in [6.07, 6.45) is 2.49. The Bertz CT molecular complexity index is 802. The van der Waals surface area contributed by atoms with Gasteiger partial charge in [-0.2, -0.15) is 0 Å². The van der Waals surface area contributed by atoms with E-state index in [2.05, 4.69) is 5.32 Å². The molecule has 0 spiro atoms. The number of nitrogens with one attached hydrogen (secondary N) is 1. The molecule has 5 nitrogen and oxygen atoms in total. The van der Waals surface area contributed by atoms with Crippen LogP contribution < -0.4 is 10.1 Å². The third-order valence-electron chi connectivity index (χ3n) is 4.86. The highest BCUT2D eigenvalue weighted by molar-refractivity contribution is 5.89. The molecular weight excluding hydrogens is 328 g/mol. The Hall–Kier alpha value is -2.82. The van der Waals surface area contributed by atoms with Crippen molar-refractivity contribution in [2.24, 2.45) is 5.92 Å². The fourth-order valence-electron chi connectivity index (χ4n) is 3.32. The van der Waals surface area contributed by atoms with Crippen LogP contribution in [0.4, 0.5) is 0 Å². The van der Waals surface area contributed by atoms with Crippen molar-refractivity contribution in [3.8, 4) is 11.5 Å². The maximum absolute atomic E-state index is 12.4. The number of likely N-dealkylation sites (tertiary alicyclic amines) is 1. The second kappa shape index (κ2) is 7.20. The SMILES string of the molecule is O=C(NCc1cccc(Oc2ccccc2)c1)[C@H]1CC(=O)N(C2CC2)C1. The minimum absolute atomic E-state index is 0.0455. The standard InChI is InChI=1S/C21H22N2O3/c24-20-12-16(14-23(20)17-9-10-17)21(25)22-13-15-5-4-8-19(11-15)26-18-6-2-1-3-7-18/h1-8,11,16-17H,9-10,12-14H2,(H,22,25)/t16-/m0/s1. The third-order valence-corrected chi connectivity index (χ3v) is 4.86. The van der Waals surface area contributed by atoms with Crippen molar-refractivity contribution in [3.05, 3.63) is 60.2 Å². The summed E-state index contributed by atoms with van der Waals surface area (Å²) in [5.74, 6) is 1.35. The highest BCUT2D eigenvalue weighted by atomic mass is 16.5. The lowest BCUT2D eigenvalue weighted by atomic mass is 10.1. The zero-order valence-corrected chi connectivity index (χ0v) is 14.6. The van der Waals surface area contributed by atoms with Crippen LogP contribution >= 0.6 is 0 Å². The predicted octanol–water partition coefficient (Wildman–Crippen LogP) is 3.11. The van der Waals surface area contributed by atoms with Gasteiger partial charge in [0.2, 0.25) is 11.8 Å². The first-order chi connectivity index (χ1) is 12.7. The van der Waals surface area contributed by atoms with E-state index in [0.29, 0.717) is 25.6 Å². The van der Waals surface area contributed by atoms with Crippen molar-refractivity contribution >= 4 is 11.8 Å². The van der Waals surface area contributed by atoms with Gasteiger partial charge in [0.15, 0.2) is 0 Å². The van der Waals surface area contributed by atoms with Crippen LogP contribution in [-0.2, 0) is 16.1 Å². The summed E-state index contributed by atoms with van der Waals surface area (Å²) in [5.41, 5.74) is 0.968. The molecule has 1 aliphatic carbocycles. The van der Waals surface area contributed by atoms with Crippen LogP contribution in [-0.4, -0.2) is 29.3 Å². The van der Waals surface area contributed by atoms with Crippen LogP contribution in [0.5, 0.6) is 11.5 Å². The fraction of sp³-hybridized carbons (Fsp3) is 0.333. The Morgan fingerprint density at radius 1 is 1.08 bits per heavy atom. The van der Waals surface area contributed by atoms with Crippen LogP contribution in [0.25, 0.3) is 0 Å². The molecule has 2 aliphatic rings. The number of rotatable bonds is 6. The van der Waals surface area contributed by atoms with E-state index in [1.807, 2.05) is 59.5 Å². The van der Waals surface area contributed by atoms with Crippen molar-refractivity contribution in [1.29, 1.82) is 0 Å². The van der Waals surface area contributed by atoms with Gasteiger partial charge in [0.05, 0.1) is 5.92 Å². The normalized spacial score (nSPS) is 19.5. The molecule has 5 heteroatoms. The summed E-state index contributed by atoms with van der Waals surface area (Å²) in [6.45, 7) is 0.992. The van der Waals surface area contributed by atoms with Crippen LogP contribution in [0.1, 0.15) is 24.8 Å². The molecule has 4 rings (SSSR count). The van der Waals surface area contributed by atoms with Gasteiger partial charge in [0.25, 0.3) is 0 Å². The molecule has 1 atom stereocenters. The molecule has 2 fully saturated rings. The quantitative estimate of drug-likeness (QED) is 0.871. The number of carbonyl (C=O) groups is 2. The van der Waals surface area contributed by atoms with E-state index < -0.39 is 0 Å². The van der Waals surface area contributed by atoms with Gasteiger partial charge in [0.1, 0.15) is 11.5 Å². The van der Waals surface area contributed by atoms with Crippen LogP contribution in [0, 0.1) is 5.92 Å². The van der Waals surface area contributed by atoms with Crippen LogP contribution in [0.2, 0.25) is 0 Å². The maximum atomic E-state index is 12.4. The fourth-order valence-corrected chi connectivity index (χ4v) is 3.32. The maximum Gasteiger partial charge on any atom is 0.225 e. The molecule has 0 aromatic heterocycles. The highest BCUT2D eigenvalue weighted by Gasteiger charge is 2.41. The number of carbonyl (C=O) groups excluding carboxylic acids is 2. The third kappa shape index (κ3) is 3.87. The van der Waals surface area contributed by atoms with Gasteiger partial charge in [-0.1, -0.05) is 30.3 Å². The van der Waals surface area contributed by atoms with Crippen molar-refractivity contribution in [3.63, 3.8) is 0 Å². The predicted molar refractivity (Wildman–Crippen MR) is 97.6 cm³/mol. The number of nitrogens with zero attached hydrogens (tertiary/aromatic N) is 1. The summed E-state index contributed by atoms with van der Waals surface area (Å²) in [7, 11) is 0. The number of hydrogen-bond acceptors (Lipinski definition) is 3. The van der Waals surface area contributed by atoms with Crippen LogP contribution in [0.3, 0.4) is 0 Å².